The van der Waals surface area contributed by atoms with Gasteiger partial charge in [0.1, 0.15) is 5.82 Å². The quantitative estimate of drug-likeness (QED) is 0.412. The molecule has 2 fully saturated rings. The minimum absolute atomic E-state index is 0.266. The van der Waals surface area contributed by atoms with Gasteiger partial charge < -0.3 is 19.9 Å². The van der Waals surface area contributed by atoms with Gasteiger partial charge in [0.25, 0.3) is 5.56 Å². The molecular formula is C27H34F4N6O4. The summed E-state index contributed by atoms with van der Waals surface area (Å²) in [5, 5.41) is 10.6. The Kier molecular flexibility index (Phi) is 8.90. The summed E-state index contributed by atoms with van der Waals surface area (Å²) in [4.78, 5) is 42.8. The van der Waals surface area contributed by atoms with E-state index in [-0.39, 0.29) is 17.1 Å². The number of carboxylic acids is 1. The number of imidazole rings is 1. The predicted octanol–water partition coefficient (Wildman–Crippen LogP) is 2.76. The van der Waals surface area contributed by atoms with E-state index in [1.807, 2.05) is 4.57 Å². The number of halogens is 4. The molecule has 1 aromatic carbocycles. The van der Waals surface area contributed by atoms with Crippen molar-refractivity contribution in [2.24, 2.45) is 18.9 Å². The van der Waals surface area contributed by atoms with Gasteiger partial charge in [0, 0.05) is 45.8 Å². The maximum Gasteiger partial charge on any atom is 0.490 e. The minimum atomic E-state index is -5.08. The number of aliphatic carboxylic acids is 1. The maximum atomic E-state index is 13.7. The second-order valence-electron chi connectivity index (χ2n) is 10.9. The van der Waals surface area contributed by atoms with Gasteiger partial charge in [-0.15, -0.1) is 0 Å². The molecule has 2 N–H and O–H groups in total. The van der Waals surface area contributed by atoms with Crippen LogP contribution in [0.4, 0.5) is 23.5 Å². The first-order chi connectivity index (χ1) is 19.3. The van der Waals surface area contributed by atoms with E-state index in [9.17, 15) is 27.2 Å². The molecule has 2 aromatic heterocycles. The lowest BCUT2D eigenvalue weighted by molar-refractivity contribution is -0.192. The fraction of sp³-hybridized carbons (Fsp3) is 0.556. The van der Waals surface area contributed by atoms with E-state index >= 15 is 0 Å². The molecule has 0 bridgehead atoms. The van der Waals surface area contributed by atoms with Crippen LogP contribution in [0, 0.1) is 17.7 Å². The van der Waals surface area contributed by atoms with Crippen LogP contribution in [-0.2, 0) is 31.4 Å². The van der Waals surface area contributed by atoms with E-state index in [0.717, 1.165) is 44.0 Å². The van der Waals surface area contributed by atoms with Crippen LogP contribution in [0.1, 0.15) is 32.3 Å². The molecule has 2 aliphatic rings. The van der Waals surface area contributed by atoms with E-state index in [0.29, 0.717) is 48.6 Å². The van der Waals surface area contributed by atoms with E-state index in [4.69, 9.17) is 14.9 Å². The number of nitrogens with one attached hydrogen (secondary N) is 1. The number of anilines is 1. The molecule has 224 valence electrons. The molecule has 4 heterocycles. The number of carboxylic acid groups (broad SMARTS) is 1. The van der Waals surface area contributed by atoms with Gasteiger partial charge >= 0.3 is 17.8 Å². The number of nitrogens with zero attached hydrogens (tertiary/aromatic N) is 5. The summed E-state index contributed by atoms with van der Waals surface area (Å²) < 4.78 is 50.0. The highest BCUT2D eigenvalue weighted by Crippen LogP contribution is 2.33. The molecule has 2 saturated heterocycles. The first-order valence-corrected chi connectivity index (χ1v) is 13.5. The van der Waals surface area contributed by atoms with E-state index in [2.05, 4.69) is 24.1 Å². The molecule has 2 atom stereocenters. The zero-order valence-corrected chi connectivity index (χ0v) is 23.1. The Morgan fingerprint density at radius 3 is 2.39 bits per heavy atom. The molecule has 0 spiro atoms. The van der Waals surface area contributed by atoms with Gasteiger partial charge in [-0.3, -0.25) is 13.9 Å². The van der Waals surface area contributed by atoms with Crippen molar-refractivity contribution in [1.82, 2.24) is 24.0 Å². The van der Waals surface area contributed by atoms with Crippen LogP contribution < -0.4 is 21.5 Å². The van der Waals surface area contributed by atoms with Crippen molar-refractivity contribution in [1.29, 1.82) is 0 Å². The van der Waals surface area contributed by atoms with Crippen molar-refractivity contribution in [3.63, 3.8) is 0 Å². The zero-order valence-electron chi connectivity index (χ0n) is 23.1. The zero-order chi connectivity index (χ0) is 30.1. The van der Waals surface area contributed by atoms with Gasteiger partial charge in [0.05, 0.1) is 0 Å². The lowest BCUT2D eigenvalue weighted by Crippen LogP contribution is -2.40. The van der Waals surface area contributed by atoms with Gasteiger partial charge in [0.15, 0.2) is 11.2 Å². The third-order valence-corrected chi connectivity index (χ3v) is 7.62. The summed E-state index contributed by atoms with van der Waals surface area (Å²) >= 11 is 0. The highest BCUT2D eigenvalue weighted by Gasteiger charge is 2.40. The molecule has 5 rings (SSSR count). The third-order valence-electron chi connectivity index (χ3n) is 7.62. The van der Waals surface area contributed by atoms with Gasteiger partial charge in [-0.05, 0) is 48.8 Å². The van der Waals surface area contributed by atoms with Crippen LogP contribution in [0.2, 0.25) is 0 Å². The third kappa shape index (κ3) is 6.47. The average Bonchev–Trinajstić information content (AvgIpc) is 3.61. The van der Waals surface area contributed by atoms with Crippen molar-refractivity contribution >= 4 is 23.1 Å². The van der Waals surface area contributed by atoms with Crippen molar-refractivity contribution in [3.05, 3.63) is 56.5 Å². The number of benzene rings is 1. The predicted molar refractivity (Wildman–Crippen MR) is 145 cm³/mol. The van der Waals surface area contributed by atoms with Crippen molar-refractivity contribution < 1.29 is 27.5 Å². The minimum Gasteiger partial charge on any atom is -0.475 e. The van der Waals surface area contributed by atoms with Crippen LogP contribution in [0.5, 0.6) is 0 Å². The number of carbonyl (C=O) groups is 1. The van der Waals surface area contributed by atoms with E-state index in [1.165, 1.54) is 21.3 Å². The first-order valence-electron chi connectivity index (χ1n) is 13.5. The number of alkyl halides is 3. The molecule has 2 aliphatic heterocycles. The molecule has 2 unspecified atom stereocenters. The average molecular weight is 583 g/mol. The lowest BCUT2D eigenvalue weighted by Gasteiger charge is -2.25. The summed E-state index contributed by atoms with van der Waals surface area (Å²) in [7, 11) is 1.70. The molecule has 0 aliphatic carbocycles. The molecule has 14 heteroatoms. The smallest absolute Gasteiger partial charge is 0.475 e. The summed E-state index contributed by atoms with van der Waals surface area (Å²) in [6.45, 7) is 7.84. The van der Waals surface area contributed by atoms with Crippen molar-refractivity contribution in [2.75, 3.05) is 24.5 Å². The maximum absolute atomic E-state index is 13.7. The van der Waals surface area contributed by atoms with Crippen LogP contribution in [0.25, 0.3) is 11.2 Å². The number of fused-ring (bicyclic) bond motifs is 2. The van der Waals surface area contributed by atoms with Crippen LogP contribution in [-0.4, -0.2) is 61.6 Å². The van der Waals surface area contributed by atoms with Gasteiger partial charge in [-0.2, -0.15) is 18.2 Å². The second kappa shape index (κ2) is 12.0. The topological polar surface area (TPSA) is 114 Å². The Morgan fingerprint density at radius 1 is 1.12 bits per heavy atom. The number of hydrogen-bond donors (Lipinski definition) is 2. The molecule has 3 aromatic rings. The fourth-order valence-electron chi connectivity index (χ4n) is 5.37. The Morgan fingerprint density at radius 2 is 1.78 bits per heavy atom. The molecule has 0 radical (unpaired) electrons. The van der Waals surface area contributed by atoms with Gasteiger partial charge in [0.2, 0.25) is 5.95 Å². The highest BCUT2D eigenvalue weighted by atomic mass is 19.4. The number of hydrogen-bond acceptors (Lipinski definition) is 6. The highest BCUT2D eigenvalue weighted by molar-refractivity contribution is 5.75. The molecule has 10 nitrogen and oxygen atoms in total. The summed E-state index contributed by atoms with van der Waals surface area (Å²) in [5.41, 5.74) is 1.28. The SMILES string of the molecule is CC(C)CCn1c(=O)c2c(nc(N3CCC4CNCC43)n2CCc2ccc(F)cc2)n(C)c1=O.O=C(O)C(F)(F)F. The van der Waals surface area contributed by atoms with Crippen molar-refractivity contribution in [2.45, 2.75) is 58.4 Å². The van der Waals surface area contributed by atoms with Crippen LogP contribution in [0.15, 0.2) is 33.9 Å². The Labute approximate surface area is 233 Å². The lowest BCUT2D eigenvalue weighted by atomic mass is 10.1. The monoisotopic (exact) mass is 582 g/mol. The van der Waals surface area contributed by atoms with Crippen LogP contribution in [0.3, 0.4) is 0 Å². The Balaban J connectivity index is 0.000000493. The second-order valence-corrected chi connectivity index (χ2v) is 10.9. The standard InChI is InChI=1S/C25H33FN6O2.C2HF3O2/c1-16(2)8-11-32-23(33)21-22(29(3)25(32)34)28-24(30-13-10-18-14-27-15-20(18)30)31(21)12-9-17-4-6-19(26)7-5-17;3-2(4,5)1(6)7/h4-7,16,18,20,27H,8-15H2,1-3H3;(H,6,7). The first kappa shape index (κ1) is 30.3. The number of aryl methyl sites for hydroxylation is 3. The number of rotatable bonds is 7. The van der Waals surface area contributed by atoms with E-state index in [1.54, 1.807) is 19.2 Å². The fourth-order valence-corrected chi connectivity index (χ4v) is 5.37. The van der Waals surface area contributed by atoms with Gasteiger partial charge in [-0.25, -0.2) is 14.0 Å². The Bertz CT molecular complexity index is 1510. The molecule has 0 saturated carbocycles. The van der Waals surface area contributed by atoms with Crippen LogP contribution >= 0.6 is 0 Å². The molecular weight excluding hydrogens is 548 g/mol. The summed E-state index contributed by atoms with van der Waals surface area (Å²) in [6.07, 6.45) is -2.62. The number of aromatic nitrogens is 4. The summed E-state index contributed by atoms with van der Waals surface area (Å²) in [6, 6.07) is 6.80. The molecule has 0 amide bonds. The Hall–Kier alpha value is -3.68. The molecule has 41 heavy (non-hydrogen) atoms. The van der Waals surface area contributed by atoms with Gasteiger partial charge in [-0.1, -0.05) is 26.0 Å². The van der Waals surface area contributed by atoms with E-state index < -0.39 is 12.1 Å². The summed E-state index contributed by atoms with van der Waals surface area (Å²) in [5.74, 6) is -1.33. The normalized spacial score (nSPS) is 18.6. The largest absolute Gasteiger partial charge is 0.490 e. The van der Waals surface area contributed by atoms with Crippen molar-refractivity contribution in [3.8, 4) is 0 Å².